The van der Waals surface area contributed by atoms with Crippen LogP contribution in [0.3, 0.4) is 0 Å². The van der Waals surface area contributed by atoms with Crippen LogP contribution in [0.5, 0.6) is 0 Å². The average molecular weight is 308 g/mol. The number of nitrogens with zero attached hydrogens (tertiary/aromatic N) is 2. The number of thioether (sulfide) groups is 2. The molecule has 1 aromatic carbocycles. The number of aliphatic hydroxyl groups is 1. The highest BCUT2D eigenvalue weighted by molar-refractivity contribution is 8.06. The Kier molecular flexibility index (Phi) is 4.65. The Morgan fingerprint density at radius 2 is 2.15 bits per heavy atom. The van der Waals surface area contributed by atoms with Crippen molar-refractivity contribution in [3.8, 4) is 0 Å². The summed E-state index contributed by atoms with van der Waals surface area (Å²) in [5.41, 5.74) is 0.870. The third kappa shape index (κ3) is 3.37. The monoisotopic (exact) mass is 308 g/mol. The molecule has 0 saturated carbocycles. The smallest absolute Gasteiger partial charge is 0.229 e. The molecule has 2 unspecified atom stereocenters. The second kappa shape index (κ2) is 6.65. The number of hydrogen-bond donors (Lipinski definition) is 1. The van der Waals surface area contributed by atoms with Crippen LogP contribution in [0, 0.1) is 0 Å². The van der Waals surface area contributed by atoms with Crippen LogP contribution in [0.1, 0.15) is 28.6 Å². The maximum Gasteiger partial charge on any atom is 0.229 e. The van der Waals surface area contributed by atoms with E-state index in [0.717, 1.165) is 22.9 Å². The molecule has 1 aliphatic rings. The van der Waals surface area contributed by atoms with Crippen LogP contribution in [0.4, 0.5) is 0 Å². The van der Waals surface area contributed by atoms with Gasteiger partial charge in [0.1, 0.15) is 0 Å². The third-order valence-electron chi connectivity index (χ3n) is 3.14. The van der Waals surface area contributed by atoms with Gasteiger partial charge in [-0.2, -0.15) is 16.7 Å². The Bertz CT molecular complexity index is 541. The standard InChI is InChI=1S/C14H16N2O2S2/c17-11(10-4-2-1-3-5-10)8-13-15-14(16-18-13)12-9-19-6-7-20-12/h1-5,11-12,17H,6-9H2. The summed E-state index contributed by atoms with van der Waals surface area (Å²) in [7, 11) is 0. The molecule has 2 heterocycles. The van der Waals surface area contributed by atoms with E-state index >= 15 is 0 Å². The first-order chi connectivity index (χ1) is 9.83. The normalized spacial score (nSPS) is 20.8. The lowest BCUT2D eigenvalue weighted by molar-refractivity contribution is 0.164. The summed E-state index contributed by atoms with van der Waals surface area (Å²) in [6.45, 7) is 0. The van der Waals surface area contributed by atoms with Gasteiger partial charge in [0.05, 0.1) is 17.8 Å². The van der Waals surface area contributed by atoms with Gasteiger partial charge in [-0.1, -0.05) is 35.5 Å². The van der Waals surface area contributed by atoms with Gasteiger partial charge < -0.3 is 9.63 Å². The van der Waals surface area contributed by atoms with E-state index in [-0.39, 0.29) is 0 Å². The number of aliphatic hydroxyl groups excluding tert-OH is 1. The molecule has 1 saturated heterocycles. The van der Waals surface area contributed by atoms with Crippen molar-refractivity contribution in [3.05, 3.63) is 47.6 Å². The molecule has 6 heteroatoms. The Hall–Kier alpha value is -0.980. The van der Waals surface area contributed by atoms with E-state index in [4.69, 9.17) is 4.52 Å². The lowest BCUT2D eigenvalue weighted by Gasteiger charge is -2.17. The van der Waals surface area contributed by atoms with Crippen molar-refractivity contribution in [1.29, 1.82) is 0 Å². The molecule has 0 spiro atoms. The van der Waals surface area contributed by atoms with Crippen LogP contribution in [0.2, 0.25) is 0 Å². The Morgan fingerprint density at radius 3 is 2.90 bits per heavy atom. The molecule has 1 aromatic heterocycles. The van der Waals surface area contributed by atoms with E-state index < -0.39 is 6.10 Å². The Labute approximate surface area is 126 Å². The number of benzene rings is 1. The number of aromatic nitrogens is 2. The first-order valence-corrected chi connectivity index (χ1v) is 8.78. The Morgan fingerprint density at radius 1 is 1.30 bits per heavy atom. The van der Waals surface area contributed by atoms with E-state index in [2.05, 4.69) is 10.1 Å². The molecule has 2 aromatic rings. The molecular formula is C14H16N2O2S2. The first-order valence-electron chi connectivity index (χ1n) is 6.58. The van der Waals surface area contributed by atoms with Crippen molar-refractivity contribution in [3.63, 3.8) is 0 Å². The molecule has 0 aliphatic carbocycles. The molecule has 4 nitrogen and oxygen atoms in total. The molecular weight excluding hydrogens is 292 g/mol. The molecule has 0 bridgehead atoms. The minimum Gasteiger partial charge on any atom is -0.388 e. The molecule has 20 heavy (non-hydrogen) atoms. The number of rotatable bonds is 4. The van der Waals surface area contributed by atoms with Gasteiger partial charge in [0.2, 0.25) is 5.89 Å². The van der Waals surface area contributed by atoms with Gasteiger partial charge in [-0.15, -0.1) is 11.8 Å². The maximum absolute atomic E-state index is 10.2. The predicted octanol–water partition coefficient (Wildman–Crippen LogP) is 2.87. The van der Waals surface area contributed by atoms with Crippen molar-refractivity contribution in [2.24, 2.45) is 0 Å². The molecule has 106 valence electrons. The zero-order valence-electron chi connectivity index (χ0n) is 10.9. The second-order valence-electron chi connectivity index (χ2n) is 4.61. The quantitative estimate of drug-likeness (QED) is 0.937. The van der Waals surface area contributed by atoms with Crippen LogP contribution < -0.4 is 0 Å². The minimum atomic E-state index is -0.599. The molecule has 0 amide bonds. The zero-order chi connectivity index (χ0) is 13.8. The summed E-state index contributed by atoms with van der Waals surface area (Å²) in [5.74, 6) is 4.62. The van der Waals surface area contributed by atoms with Crippen LogP contribution in [0.25, 0.3) is 0 Å². The molecule has 1 N–H and O–H groups in total. The molecule has 3 rings (SSSR count). The fraction of sp³-hybridized carbons (Fsp3) is 0.429. The summed E-state index contributed by atoms with van der Waals surface area (Å²) in [6, 6.07) is 9.55. The minimum absolute atomic E-state index is 0.320. The van der Waals surface area contributed by atoms with Gasteiger partial charge in [-0.05, 0) is 5.56 Å². The van der Waals surface area contributed by atoms with E-state index in [1.807, 2.05) is 53.9 Å². The van der Waals surface area contributed by atoms with Crippen molar-refractivity contribution in [1.82, 2.24) is 10.1 Å². The second-order valence-corrected chi connectivity index (χ2v) is 7.07. The van der Waals surface area contributed by atoms with Gasteiger partial charge in [-0.3, -0.25) is 0 Å². The summed E-state index contributed by atoms with van der Waals surface area (Å²) in [6.07, 6.45) is -0.237. The third-order valence-corrected chi connectivity index (χ3v) is 5.89. The first kappa shape index (κ1) is 14.0. The van der Waals surface area contributed by atoms with Gasteiger partial charge in [0.25, 0.3) is 0 Å². The van der Waals surface area contributed by atoms with Crippen LogP contribution in [0.15, 0.2) is 34.9 Å². The fourth-order valence-corrected chi connectivity index (χ4v) is 4.67. The van der Waals surface area contributed by atoms with Crippen LogP contribution >= 0.6 is 23.5 Å². The highest BCUT2D eigenvalue weighted by Gasteiger charge is 2.22. The summed E-state index contributed by atoms with van der Waals surface area (Å²) in [5, 5.41) is 14.5. The summed E-state index contributed by atoms with van der Waals surface area (Å²) in [4.78, 5) is 4.43. The zero-order valence-corrected chi connectivity index (χ0v) is 12.6. The molecule has 1 aliphatic heterocycles. The maximum atomic E-state index is 10.2. The van der Waals surface area contributed by atoms with Crippen molar-refractivity contribution >= 4 is 23.5 Å². The molecule has 1 fully saturated rings. The molecule has 2 atom stereocenters. The van der Waals surface area contributed by atoms with E-state index in [0.29, 0.717) is 17.6 Å². The Balaban J connectivity index is 1.65. The lowest BCUT2D eigenvalue weighted by Crippen LogP contribution is -2.08. The van der Waals surface area contributed by atoms with E-state index in [1.165, 1.54) is 5.75 Å². The van der Waals surface area contributed by atoms with Crippen LogP contribution in [-0.2, 0) is 6.42 Å². The summed E-state index contributed by atoms with van der Waals surface area (Å²) < 4.78 is 5.27. The largest absolute Gasteiger partial charge is 0.388 e. The van der Waals surface area contributed by atoms with Crippen molar-refractivity contribution in [2.75, 3.05) is 17.3 Å². The van der Waals surface area contributed by atoms with Gasteiger partial charge in [-0.25, -0.2) is 0 Å². The SMILES string of the molecule is OC(Cc1nc(C2CSCCS2)no1)c1ccccc1. The average Bonchev–Trinajstić information content (AvgIpc) is 2.97. The fourth-order valence-electron chi connectivity index (χ4n) is 2.08. The van der Waals surface area contributed by atoms with Gasteiger partial charge in [0.15, 0.2) is 5.82 Å². The molecule has 0 radical (unpaired) electrons. The highest BCUT2D eigenvalue weighted by atomic mass is 32.2. The highest BCUT2D eigenvalue weighted by Crippen LogP contribution is 2.35. The summed E-state index contributed by atoms with van der Waals surface area (Å²) >= 11 is 3.80. The van der Waals surface area contributed by atoms with E-state index in [1.54, 1.807) is 0 Å². The van der Waals surface area contributed by atoms with Crippen molar-refractivity contribution < 1.29 is 9.63 Å². The lowest BCUT2D eigenvalue weighted by atomic mass is 10.1. The predicted molar refractivity (Wildman–Crippen MR) is 81.9 cm³/mol. The van der Waals surface area contributed by atoms with Gasteiger partial charge in [0, 0.05) is 17.3 Å². The van der Waals surface area contributed by atoms with E-state index in [9.17, 15) is 5.11 Å². The van der Waals surface area contributed by atoms with Gasteiger partial charge >= 0.3 is 0 Å². The van der Waals surface area contributed by atoms with Crippen molar-refractivity contribution in [2.45, 2.75) is 17.8 Å². The topological polar surface area (TPSA) is 59.2 Å². The number of hydrogen-bond acceptors (Lipinski definition) is 6. The van der Waals surface area contributed by atoms with Crippen LogP contribution in [-0.4, -0.2) is 32.5 Å².